The Bertz CT molecular complexity index is 847. The lowest BCUT2D eigenvalue weighted by atomic mass is 9.79. The van der Waals surface area contributed by atoms with Gasteiger partial charge >= 0.3 is 6.03 Å². The summed E-state index contributed by atoms with van der Waals surface area (Å²) >= 11 is 0. The number of phenols is 2. The van der Waals surface area contributed by atoms with Gasteiger partial charge in [0.2, 0.25) is 0 Å². The summed E-state index contributed by atoms with van der Waals surface area (Å²) < 4.78 is 0. The van der Waals surface area contributed by atoms with Crippen molar-refractivity contribution in [3.05, 3.63) is 71.8 Å². The second kappa shape index (κ2) is 5.73. The number of aromatic hydroxyl groups is 2. The van der Waals surface area contributed by atoms with E-state index in [0.29, 0.717) is 17.5 Å². The van der Waals surface area contributed by atoms with Gasteiger partial charge in [-0.3, -0.25) is 10.1 Å². The van der Waals surface area contributed by atoms with Crippen LogP contribution in [0.3, 0.4) is 0 Å². The van der Waals surface area contributed by atoms with Gasteiger partial charge in [0, 0.05) is 11.1 Å². The van der Waals surface area contributed by atoms with Gasteiger partial charge in [0.25, 0.3) is 5.91 Å². The maximum Gasteiger partial charge on any atom is 0.322 e. The van der Waals surface area contributed by atoms with Crippen molar-refractivity contribution in [2.75, 3.05) is 0 Å². The number of imide groups is 1. The lowest BCUT2D eigenvalue weighted by molar-refractivity contribution is -0.123. The van der Waals surface area contributed by atoms with Gasteiger partial charge in [0.05, 0.1) is 0 Å². The van der Waals surface area contributed by atoms with Crippen LogP contribution in [0.5, 0.6) is 11.5 Å². The van der Waals surface area contributed by atoms with E-state index in [0.717, 1.165) is 0 Å². The maximum absolute atomic E-state index is 12.7. The highest BCUT2D eigenvalue weighted by atomic mass is 16.3. The zero-order chi connectivity index (χ0) is 17.3. The van der Waals surface area contributed by atoms with Crippen LogP contribution in [0.15, 0.2) is 55.1 Å². The molecule has 0 bridgehead atoms. The predicted molar refractivity (Wildman–Crippen MR) is 87.6 cm³/mol. The second-order valence-electron chi connectivity index (χ2n) is 5.47. The third kappa shape index (κ3) is 2.20. The quantitative estimate of drug-likeness (QED) is 0.510. The number of urea groups is 1. The first-order chi connectivity index (χ1) is 11.5. The average Bonchev–Trinajstić information content (AvgIpc) is 2.85. The fourth-order valence-electron chi connectivity index (χ4n) is 3.06. The van der Waals surface area contributed by atoms with Crippen LogP contribution >= 0.6 is 0 Å². The van der Waals surface area contributed by atoms with E-state index in [2.05, 4.69) is 17.2 Å². The van der Waals surface area contributed by atoms with E-state index in [9.17, 15) is 19.8 Å². The normalized spacial score (nSPS) is 19.7. The van der Waals surface area contributed by atoms with Gasteiger partial charge in [-0.05, 0) is 24.1 Å². The van der Waals surface area contributed by atoms with Crippen LogP contribution in [0.4, 0.5) is 4.79 Å². The van der Waals surface area contributed by atoms with E-state index in [1.54, 1.807) is 36.4 Å². The third-order valence-electron chi connectivity index (χ3n) is 4.08. The molecule has 3 amide bonds. The van der Waals surface area contributed by atoms with Crippen LogP contribution in [-0.4, -0.2) is 22.2 Å². The Labute approximate surface area is 138 Å². The van der Waals surface area contributed by atoms with E-state index in [1.807, 2.05) is 0 Å². The number of carbonyl (C=O) groups excluding carboxylic acids is 2. The van der Waals surface area contributed by atoms with E-state index in [-0.39, 0.29) is 17.1 Å². The molecule has 24 heavy (non-hydrogen) atoms. The van der Waals surface area contributed by atoms with Crippen LogP contribution in [0.25, 0.3) is 0 Å². The SMILES string of the molecule is C=CCc1c(O)cccc1C1(c2ccccc2O)NC(=O)NC1=O. The number of allylic oxidation sites excluding steroid dienone is 1. The van der Waals surface area contributed by atoms with Gasteiger partial charge in [-0.1, -0.05) is 36.4 Å². The van der Waals surface area contributed by atoms with Gasteiger partial charge in [0.1, 0.15) is 11.5 Å². The van der Waals surface area contributed by atoms with Crippen molar-refractivity contribution in [1.82, 2.24) is 10.6 Å². The van der Waals surface area contributed by atoms with Crippen molar-refractivity contribution in [3.8, 4) is 11.5 Å². The van der Waals surface area contributed by atoms with Gasteiger partial charge in [0.15, 0.2) is 5.54 Å². The van der Waals surface area contributed by atoms with Crippen molar-refractivity contribution in [1.29, 1.82) is 0 Å². The summed E-state index contributed by atoms with van der Waals surface area (Å²) in [5.74, 6) is -0.774. The highest BCUT2D eigenvalue weighted by Gasteiger charge is 2.51. The molecule has 4 N–H and O–H groups in total. The predicted octanol–water partition coefficient (Wildman–Crippen LogP) is 1.91. The Morgan fingerprint density at radius 3 is 2.29 bits per heavy atom. The van der Waals surface area contributed by atoms with Crippen molar-refractivity contribution < 1.29 is 19.8 Å². The molecule has 1 fully saturated rings. The Morgan fingerprint density at radius 2 is 1.67 bits per heavy atom. The molecule has 6 heteroatoms. The summed E-state index contributed by atoms with van der Waals surface area (Å²) in [6, 6.07) is 10.3. The molecule has 0 aromatic heterocycles. The van der Waals surface area contributed by atoms with Crippen LogP contribution in [0.1, 0.15) is 16.7 Å². The maximum atomic E-state index is 12.7. The minimum Gasteiger partial charge on any atom is -0.508 e. The number of hydrogen-bond acceptors (Lipinski definition) is 4. The topological polar surface area (TPSA) is 98.7 Å². The van der Waals surface area contributed by atoms with Gasteiger partial charge in [-0.2, -0.15) is 0 Å². The van der Waals surface area contributed by atoms with Gasteiger partial charge in [-0.25, -0.2) is 4.79 Å². The molecule has 2 aromatic carbocycles. The molecular formula is C18H16N2O4. The minimum atomic E-state index is -1.63. The standard InChI is InChI=1S/C18H16N2O4/c1-2-6-11-12(8-5-10-14(11)21)18(16(23)19-17(24)20-18)13-7-3-4-9-15(13)22/h2-5,7-10,21-22H,1,6H2,(H2,19,20,23,24). The zero-order valence-electron chi connectivity index (χ0n) is 12.7. The van der Waals surface area contributed by atoms with Gasteiger partial charge < -0.3 is 15.5 Å². The number of para-hydroxylation sites is 1. The second-order valence-corrected chi connectivity index (χ2v) is 5.47. The number of rotatable bonds is 4. The summed E-state index contributed by atoms with van der Waals surface area (Å²) in [4.78, 5) is 24.6. The summed E-state index contributed by atoms with van der Waals surface area (Å²) in [5.41, 5.74) is -0.566. The molecule has 0 radical (unpaired) electrons. The fraction of sp³-hybridized carbons (Fsp3) is 0.111. The number of amides is 3. The lowest BCUT2D eigenvalue weighted by Gasteiger charge is -2.30. The molecule has 0 spiro atoms. The van der Waals surface area contributed by atoms with E-state index < -0.39 is 17.5 Å². The van der Waals surface area contributed by atoms with E-state index in [4.69, 9.17) is 0 Å². The molecule has 122 valence electrons. The first-order valence-electron chi connectivity index (χ1n) is 7.35. The summed E-state index contributed by atoms with van der Waals surface area (Å²) in [7, 11) is 0. The summed E-state index contributed by atoms with van der Waals surface area (Å²) in [6.45, 7) is 3.66. The molecule has 1 saturated heterocycles. The van der Waals surface area contributed by atoms with E-state index >= 15 is 0 Å². The Balaban J connectivity index is 2.35. The Hall–Kier alpha value is -3.28. The smallest absolute Gasteiger partial charge is 0.322 e. The number of benzene rings is 2. The largest absolute Gasteiger partial charge is 0.508 e. The average molecular weight is 324 g/mol. The molecule has 1 atom stereocenters. The highest BCUT2D eigenvalue weighted by Crippen LogP contribution is 2.41. The molecule has 1 aliphatic rings. The highest BCUT2D eigenvalue weighted by molar-refractivity contribution is 6.10. The lowest BCUT2D eigenvalue weighted by Crippen LogP contribution is -2.45. The Morgan fingerprint density at radius 1 is 1.00 bits per heavy atom. The molecule has 0 saturated carbocycles. The summed E-state index contributed by atoms with van der Waals surface area (Å²) in [5, 5.41) is 25.3. The zero-order valence-corrected chi connectivity index (χ0v) is 12.7. The molecular weight excluding hydrogens is 308 g/mol. The van der Waals surface area contributed by atoms with Crippen LogP contribution in [0, 0.1) is 0 Å². The number of nitrogens with one attached hydrogen (secondary N) is 2. The van der Waals surface area contributed by atoms with Crippen LogP contribution in [0.2, 0.25) is 0 Å². The number of phenolic OH excluding ortho intramolecular Hbond substituents is 2. The molecule has 2 aromatic rings. The minimum absolute atomic E-state index is 0.0175. The molecule has 1 aliphatic heterocycles. The Kier molecular flexibility index (Phi) is 3.73. The number of carbonyl (C=O) groups is 2. The van der Waals surface area contributed by atoms with Crippen molar-refractivity contribution in [3.63, 3.8) is 0 Å². The van der Waals surface area contributed by atoms with Crippen molar-refractivity contribution in [2.45, 2.75) is 12.0 Å². The van der Waals surface area contributed by atoms with Crippen LogP contribution < -0.4 is 10.6 Å². The summed E-state index contributed by atoms with van der Waals surface area (Å²) in [6.07, 6.45) is 1.88. The molecule has 1 heterocycles. The third-order valence-corrected chi connectivity index (χ3v) is 4.08. The van der Waals surface area contributed by atoms with Crippen molar-refractivity contribution in [2.24, 2.45) is 0 Å². The van der Waals surface area contributed by atoms with Crippen molar-refractivity contribution >= 4 is 11.9 Å². The first kappa shape index (κ1) is 15.6. The molecule has 6 nitrogen and oxygen atoms in total. The van der Waals surface area contributed by atoms with Gasteiger partial charge in [-0.15, -0.1) is 6.58 Å². The first-order valence-corrected chi connectivity index (χ1v) is 7.35. The molecule has 3 rings (SSSR count). The molecule has 0 aliphatic carbocycles. The fourth-order valence-corrected chi connectivity index (χ4v) is 3.06. The monoisotopic (exact) mass is 324 g/mol. The van der Waals surface area contributed by atoms with Crippen LogP contribution in [-0.2, 0) is 16.8 Å². The van der Waals surface area contributed by atoms with E-state index in [1.165, 1.54) is 12.1 Å². The number of hydrogen-bond donors (Lipinski definition) is 4. The molecule has 1 unspecified atom stereocenters.